The molecule has 29 heavy (non-hydrogen) atoms. The molecule has 0 saturated carbocycles. The van der Waals surface area contributed by atoms with Gasteiger partial charge in [-0.25, -0.2) is 0 Å². The van der Waals surface area contributed by atoms with Gasteiger partial charge in [0.1, 0.15) is 24.3 Å². The Bertz CT molecular complexity index is 1030. The van der Waals surface area contributed by atoms with E-state index in [-0.39, 0.29) is 5.91 Å². The van der Waals surface area contributed by atoms with E-state index in [1.54, 1.807) is 18.1 Å². The Labute approximate surface area is 170 Å². The van der Waals surface area contributed by atoms with Crippen molar-refractivity contribution in [1.29, 1.82) is 0 Å². The van der Waals surface area contributed by atoms with Crippen LogP contribution in [-0.4, -0.2) is 19.6 Å². The molecule has 146 valence electrons. The molecule has 0 spiro atoms. The fourth-order valence-electron chi connectivity index (χ4n) is 3.47. The highest BCUT2D eigenvalue weighted by atomic mass is 16.5. The van der Waals surface area contributed by atoms with Crippen molar-refractivity contribution in [3.63, 3.8) is 0 Å². The first kappa shape index (κ1) is 18.6. The van der Waals surface area contributed by atoms with E-state index in [2.05, 4.69) is 11.9 Å². The van der Waals surface area contributed by atoms with E-state index in [1.165, 1.54) is 0 Å². The molecule has 0 saturated heterocycles. The van der Waals surface area contributed by atoms with Crippen molar-refractivity contribution in [2.75, 3.05) is 23.9 Å². The minimum Gasteiger partial charge on any atom is -0.497 e. The molecule has 5 heteroatoms. The Morgan fingerprint density at radius 2 is 1.76 bits per heavy atom. The zero-order valence-electron chi connectivity index (χ0n) is 16.2. The molecule has 0 aromatic heterocycles. The van der Waals surface area contributed by atoms with Crippen molar-refractivity contribution < 1.29 is 14.3 Å². The molecular weight excluding hydrogens is 364 g/mol. The van der Waals surface area contributed by atoms with Crippen molar-refractivity contribution in [3.05, 3.63) is 96.6 Å². The number of carbonyl (C=O) groups is 1. The van der Waals surface area contributed by atoms with E-state index in [0.29, 0.717) is 17.9 Å². The van der Waals surface area contributed by atoms with E-state index in [0.717, 1.165) is 22.7 Å². The highest BCUT2D eigenvalue weighted by Crippen LogP contribution is 2.39. The number of rotatable bonds is 6. The van der Waals surface area contributed by atoms with Crippen LogP contribution in [0.1, 0.15) is 22.1 Å². The van der Waals surface area contributed by atoms with Gasteiger partial charge in [0.15, 0.2) is 0 Å². The van der Waals surface area contributed by atoms with Gasteiger partial charge in [-0.05, 0) is 42.5 Å². The topological polar surface area (TPSA) is 50.8 Å². The first-order valence-electron chi connectivity index (χ1n) is 9.38. The molecule has 0 radical (unpaired) electrons. The van der Waals surface area contributed by atoms with Crippen molar-refractivity contribution >= 4 is 17.3 Å². The number of nitrogens with zero attached hydrogens (tertiary/aromatic N) is 1. The number of carbonyl (C=O) groups excluding carboxylic acids is 1. The molecule has 0 fully saturated rings. The lowest BCUT2D eigenvalue weighted by Gasteiger charge is -2.38. The molecule has 1 N–H and O–H groups in total. The normalized spacial score (nSPS) is 15.3. The van der Waals surface area contributed by atoms with Gasteiger partial charge in [0.2, 0.25) is 0 Å². The number of para-hydroxylation sites is 2. The van der Waals surface area contributed by atoms with Gasteiger partial charge < -0.3 is 14.8 Å². The van der Waals surface area contributed by atoms with E-state index in [4.69, 9.17) is 9.47 Å². The molecular formula is C24H22N2O3. The average Bonchev–Trinajstić information content (AvgIpc) is 2.78. The lowest BCUT2D eigenvalue weighted by Crippen LogP contribution is -2.43. The van der Waals surface area contributed by atoms with Crippen molar-refractivity contribution in [2.45, 2.75) is 6.17 Å². The number of methoxy groups -OCH3 is 1. The van der Waals surface area contributed by atoms with Crippen LogP contribution in [0.4, 0.5) is 11.4 Å². The number of ether oxygens (including phenoxy) is 2. The monoisotopic (exact) mass is 386 g/mol. The maximum absolute atomic E-state index is 13.5. The van der Waals surface area contributed by atoms with Crippen LogP contribution < -0.4 is 19.7 Å². The zero-order chi connectivity index (χ0) is 20.2. The van der Waals surface area contributed by atoms with E-state index in [9.17, 15) is 4.79 Å². The lowest BCUT2D eigenvalue weighted by atomic mass is 10.0. The smallest absolute Gasteiger partial charge is 0.262 e. The van der Waals surface area contributed by atoms with Crippen LogP contribution in [0, 0.1) is 0 Å². The SMILES string of the molecule is C=CCOc1ccccc1C1Nc2ccccc2C(=O)N1c1ccc(OC)cc1. The number of anilines is 2. The Morgan fingerprint density at radius 1 is 1.03 bits per heavy atom. The van der Waals surface area contributed by atoms with Crippen LogP contribution in [0.2, 0.25) is 0 Å². The largest absolute Gasteiger partial charge is 0.497 e. The third kappa shape index (κ3) is 3.55. The second-order valence-corrected chi connectivity index (χ2v) is 6.60. The van der Waals surface area contributed by atoms with E-state index < -0.39 is 6.17 Å². The summed E-state index contributed by atoms with van der Waals surface area (Å²) in [6.45, 7) is 4.11. The summed E-state index contributed by atoms with van der Waals surface area (Å²) in [6.07, 6.45) is 1.28. The standard InChI is InChI=1S/C24H22N2O3/c1-3-16-29-22-11-7-5-9-20(22)23-25-21-10-6-4-8-19(21)24(27)26(23)17-12-14-18(28-2)15-13-17/h3-15,23,25H,1,16H2,2H3. The first-order chi connectivity index (χ1) is 14.2. The molecule has 3 aromatic rings. The van der Waals surface area contributed by atoms with Gasteiger partial charge in [0.05, 0.1) is 12.7 Å². The van der Waals surface area contributed by atoms with Crippen LogP contribution >= 0.6 is 0 Å². The number of hydrogen-bond acceptors (Lipinski definition) is 4. The van der Waals surface area contributed by atoms with E-state index in [1.807, 2.05) is 72.8 Å². The number of nitrogens with one attached hydrogen (secondary N) is 1. The van der Waals surface area contributed by atoms with Crippen LogP contribution in [-0.2, 0) is 0 Å². The Balaban J connectivity index is 1.83. The van der Waals surface area contributed by atoms with Gasteiger partial charge in [-0.15, -0.1) is 0 Å². The number of hydrogen-bond donors (Lipinski definition) is 1. The van der Waals surface area contributed by atoms with Crippen molar-refractivity contribution in [3.8, 4) is 11.5 Å². The minimum absolute atomic E-state index is 0.0759. The third-order valence-electron chi connectivity index (χ3n) is 4.85. The van der Waals surface area contributed by atoms with Crippen LogP contribution in [0.25, 0.3) is 0 Å². The summed E-state index contributed by atoms with van der Waals surface area (Å²) < 4.78 is 11.1. The Kier molecular flexibility index (Phi) is 5.20. The van der Waals surface area contributed by atoms with Crippen molar-refractivity contribution in [1.82, 2.24) is 0 Å². The zero-order valence-corrected chi connectivity index (χ0v) is 16.2. The second-order valence-electron chi connectivity index (χ2n) is 6.60. The predicted octanol–water partition coefficient (Wildman–Crippen LogP) is 5.03. The fourth-order valence-corrected chi connectivity index (χ4v) is 3.47. The van der Waals surface area contributed by atoms with Crippen LogP contribution in [0.15, 0.2) is 85.5 Å². The molecule has 1 unspecified atom stereocenters. The quantitative estimate of drug-likeness (QED) is 0.604. The van der Waals surface area contributed by atoms with E-state index >= 15 is 0 Å². The number of fused-ring (bicyclic) bond motifs is 1. The molecule has 1 amide bonds. The first-order valence-corrected chi connectivity index (χ1v) is 9.38. The lowest BCUT2D eigenvalue weighted by molar-refractivity contribution is 0.0974. The molecule has 3 aromatic carbocycles. The van der Waals surface area contributed by atoms with Gasteiger partial charge in [0, 0.05) is 16.9 Å². The summed E-state index contributed by atoms with van der Waals surface area (Å²) in [5.41, 5.74) is 3.06. The van der Waals surface area contributed by atoms with Crippen LogP contribution in [0.3, 0.4) is 0 Å². The predicted molar refractivity (Wildman–Crippen MR) is 115 cm³/mol. The van der Waals surface area contributed by atoms with Gasteiger partial charge in [-0.2, -0.15) is 0 Å². The molecule has 1 atom stereocenters. The van der Waals surface area contributed by atoms with Crippen LogP contribution in [0.5, 0.6) is 11.5 Å². The minimum atomic E-state index is -0.424. The highest BCUT2D eigenvalue weighted by Gasteiger charge is 2.35. The molecule has 4 rings (SSSR count). The summed E-state index contributed by atoms with van der Waals surface area (Å²) in [4.78, 5) is 15.2. The number of amides is 1. The molecule has 1 aliphatic heterocycles. The van der Waals surface area contributed by atoms with Crippen molar-refractivity contribution in [2.24, 2.45) is 0 Å². The maximum atomic E-state index is 13.5. The summed E-state index contributed by atoms with van der Waals surface area (Å²) in [5, 5.41) is 3.51. The summed E-state index contributed by atoms with van der Waals surface area (Å²) >= 11 is 0. The summed E-state index contributed by atoms with van der Waals surface area (Å²) in [5.74, 6) is 1.36. The Hall–Kier alpha value is -3.73. The second kappa shape index (κ2) is 8.10. The molecule has 5 nitrogen and oxygen atoms in total. The van der Waals surface area contributed by atoms with Gasteiger partial charge >= 0.3 is 0 Å². The Morgan fingerprint density at radius 3 is 2.52 bits per heavy atom. The van der Waals surface area contributed by atoms with Gasteiger partial charge in [-0.1, -0.05) is 43.0 Å². The summed E-state index contributed by atoms with van der Waals surface area (Å²) in [6, 6.07) is 22.7. The fraction of sp³-hybridized carbons (Fsp3) is 0.125. The maximum Gasteiger partial charge on any atom is 0.262 e. The average molecular weight is 386 g/mol. The van der Waals surface area contributed by atoms with Gasteiger partial charge in [-0.3, -0.25) is 9.69 Å². The highest BCUT2D eigenvalue weighted by molar-refractivity contribution is 6.12. The molecule has 0 aliphatic carbocycles. The van der Waals surface area contributed by atoms with Gasteiger partial charge in [0.25, 0.3) is 5.91 Å². The third-order valence-corrected chi connectivity index (χ3v) is 4.85. The summed E-state index contributed by atoms with van der Waals surface area (Å²) in [7, 11) is 1.62. The molecule has 1 heterocycles. The molecule has 1 aliphatic rings. The molecule has 0 bridgehead atoms. The number of benzene rings is 3.